The van der Waals surface area contributed by atoms with E-state index in [1.54, 1.807) is 0 Å². The van der Waals surface area contributed by atoms with Gasteiger partial charge in [0.1, 0.15) is 5.82 Å². The second-order valence-corrected chi connectivity index (χ2v) is 7.31. The van der Waals surface area contributed by atoms with Gasteiger partial charge in [0.05, 0.1) is 0 Å². The van der Waals surface area contributed by atoms with E-state index in [9.17, 15) is 4.79 Å². The van der Waals surface area contributed by atoms with Gasteiger partial charge in [-0.05, 0) is 18.3 Å². The summed E-state index contributed by atoms with van der Waals surface area (Å²) in [6.45, 7) is 9.09. The summed E-state index contributed by atoms with van der Waals surface area (Å²) in [6, 6.07) is 0. The zero-order valence-electron chi connectivity index (χ0n) is 13.0. The molecule has 2 rings (SSSR count). The molecule has 2 N–H and O–H groups in total. The molecule has 1 aromatic heterocycles. The second-order valence-electron chi connectivity index (χ2n) is 7.31. The average Bonchev–Trinajstić information content (AvgIpc) is 2.86. The van der Waals surface area contributed by atoms with Crippen molar-refractivity contribution in [2.24, 2.45) is 5.41 Å². The molecule has 0 spiro atoms. The molecule has 0 atom stereocenters. The molecule has 5 nitrogen and oxygen atoms in total. The van der Waals surface area contributed by atoms with Crippen LogP contribution in [0, 0.1) is 5.41 Å². The van der Waals surface area contributed by atoms with Crippen molar-refractivity contribution in [3.8, 4) is 0 Å². The summed E-state index contributed by atoms with van der Waals surface area (Å²) in [5.41, 5.74) is 0.109. The Balaban J connectivity index is 1.93. The molecule has 5 heteroatoms. The number of aromatic nitrogens is 3. The van der Waals surface area contributed by atoms with Crippen LogP contribution in [0.2, 0.25) is 0 Å². The van der Waals surface area contributed by atoms with Crippen LogP contribution in [0.15, 0.2) is 0 Å². The van der Waals surface area contributed by atoms with Crippen LogP contribution < -0.4 is 5.32 Å². The number of nitrogens with one attached hydrogen (secondary N) is 2. The van der Waals surface area contributed by atoms with Crippen molar-refractivity contribution in [2.45, 2.75) is 65.2 Å². The van der Waals surface area contributed by atoms with Crippen molar-refractivity contribution < 1.29 is 4.79 Å². The minimum absolute atomic E-state index is 0.124. The van der Waals surface area contributed by atoms with Gasteiger partial charge in [-0.2, -0.15) is 0 Å². The van der Waals surface area contributed by atoms with Crippen LogP contribution in [0.5, 0.6) is 0 Å². The summed E-state index contributed by atoms with van der Waals surface area (Å²) in [7, 11) is 0. The number of aromatic amines is 1. The zero-order valence-corrected chi connectivity index (χ0v) is 13.0. The molecule has 1 aliphatic rings. The standard InChI is InChI=1S/C15H26N4O/c1-14(2,3)13-17-11(18-19-13)12(20)16-10-15(4)8-6-5-7-9-15/h5-10H2,1-4H3,(H,16,20)(H,17,18,19). The molecule has 1 heterocycles. The quantitative estimate of drug-likeness (QED) is 0.893. The topological polar surface area (TPSA) is 70.7 Å². The number of nitrogens with zero attached hydrogens (tertiary/aromatic N) is 2. The van der Waals surface area contributed by atoms with Gasteiger partial charge in [0.2, 0.25) is 5.82 Å². The Labute approximate surface area is 120 Å². The lowest BCUT2D eigenvalue weighted by Gasteiger charge is -2.33. The van der Waals surface area contributed by atoms with Crippen LogP contribution in [0.3, 0.4) is 0 Å². The summed E-state index contributed by atoms with van der Waals surface area (Å²) in [4.78, 5) is 16.4. The van der Waals surface area contributed by atoms with Gasteiger partial charge in [0, 0.05) is 12.0 Å². The van der Waals surface area contributed by atoms with Crippen LogP contribution >= 0.6 is 0 Å². The number of hydrogen-bond acceptors (Lipinski definition) is 3. The summed E-state index contributed by atoms with van der Waals surface area (Å²) in [5, 5.41) is 9.86. The minimum atomic E-state index is -0.177. The van der Waals surface area contributed by atoms with Gasteiger partial charge in [-0.3, -0.25) is 9.89 Å². The molecule has 0 aromatic carbocycles. The molecule has 1 fully saturated rings. The van der Waals surface area contributed by atoms with Gasteiger partial charge in [0.15, 0.2) is 0 Å². The third-order valence-electron chi connectivity index (χ3n) is 4.14. The van der Waals surface area contributed by atoms with Crippen molar-refractivity contribution >= 4 is 5.91 Å². The first-order chi connectivity index (χ1) is 9.30. The zero-order chi connectivity index (χ0) is 14.8. The normalized spacial score (nSPS) is 18.8. The molecule has 1 saturated carbocycles. The van der Waals surface area contributed by atoms with Gasteiger partial charge in [-0.15, -0.1) is 5.10 Å². The minimum Gasteiger partial charge on any atom is -0.349 e. The fraction of sp³-hybridized carbons (Fsp3) is 0.800. The predicted octanol–water partition coefficient (Wildman–Crippen LogP) is 2.80. The van der Waals surface area contributed by atoms with Gasteiger partial charge in [0.25, 0.3) is 5.91 Å². The monoisotopic (exact) mass is 278 g/mol. The maximum absolute atomic E-state index is 12.1. The number of amides is 1. The molecule has 0 saturated heterocycles. The van der Waals surface area contributed by atoms with Gasteiger partial charge >= 0.3 is 0 Å². The van der Waals surface area contributed by atoms with E-state index in [-0.39, 0.29) is 22.6 Å². The highest BCUT2D eigenvalue weighted by atomic mass is 16.2. The highest BCUT2D eigenvalue weighted by Crippen LogP contribution is 2.34. The van der Waals surface area contributed by atoms with E-state index in [0.29, 0.717) is 6.54 Å². The predicted molar refractivity (Wildman–Crippen MR) is 78.6 cm³/mol. The Hall–Kier alpha value is -1.39. The first-order valence-electron chi connectivity index (χ1n) is 7.51. The number of carbonyl (C=O) groups is 1. The number of rotatable bonds is 3. The van der Waals surface area contributed by atoms with Crippen molar-refractivity contribution in [1.29, 1.82) is 0 Å². The summed E-state index contributed by atoms with van der Waals surface area (Å²) in [6.07, 6.45) is 6.23. The Morgan fingerprint density at radius 2 is 1.95 bits per heavy atom. The van der Waals surface area contributed by atoms with Crippen molar-refractivity contribution in [3.05, 3.63) is 11.6 Å². The van der Waals surface area contributed by atoms with Gasteiger partial charge in [-0.1, -0.05) is 47.0 Å². The van der Waals surface area contributed by atoms with Gasteiger partial charge in [-0.25, -0.2) is 4.98 Å². The Morgan fingerprint density at radius 1 is 1.30 bits per heavy atom. The Kier molecular flexibility index (Phi) is 4.16. The molecular formula is C15H26N4O. The fourth-order valence-electron chi connectivity index (χ4n) is 2.65. The molecule has 0 bridgehead atoms. The van der Waals surface area contributed by atoms with Crippen molar-refractivity contribution in [2.75, 3.05) is 6.54 Å². The number of carbonyl (C=O) groups excluding carboxylic acids is 1. The third kappa shape index (κ3) is 3.58. The van der Waals surface area contributed by atoms with E-state index in [4.69, 9.17) is 0 Å². The molecule has 0 aliphatic heterocycles. The largest absolute Gasteiger partial charge is 0.349 e. The van der Waals surface area contributed by atoms with Crippen LogP contribution in [0.4, 0.5) is 0 Å². The number of H-pyrrole nitrogens is 1. The lowest BCUT2D eigenvalue weighted by molar-refractivity contribution is 0.0909. The van der Waals surface area contributed by atoms with Gasteiger partial charge < -0.3 is 5.32 Å². The molecule has 1 amide bonds. The molecule has 1 aliphatic carbocycles. The maximum atomic E-state index is 12.1. The Bertz CT molecular complexity index is 466. The van der Waals surface area contributed by atoms with Crippen LogP contribution in [0.25, 0.3) is 0 Å². The van der Waals surface area contributed by atoms with Crippen LogP contribution in [-0.4, -0.2) is 27.6 Å². The number of hydrogen-bond donors (Lipinski definition) is 2. The highest BCUT2D eigenvalue weighted by Gasteiger charge is 2.28. The van der Waals surface area contributed by atoms with E-state index < -0.39 is 0 Å². The van der Waals surface area contributed by atoms with E-state index in [1.807, 2.05) is 20.8 Å². The molecule has 20 heavy (non-hydrogen) atoms. The lowest BCUT2D eigenvalue weighted by atomic mass is 9.76. The summed E-state index contributed by atoms with van der Waals surface area (Å²) in [5.74, 6) is 0.810. The van der Waals surface area contributed by atoms with Crippen LogP contribution in [-0.2, 0) is 5.41 Å². The van der Waals surface area contributed by atoms with E-state index in [1.165, 1.54) is 32.1 Å². The van der Waals surface area contributed by atoms with E-state index in [0.717, 1.165) is 5.82 Å². The molecule has 112 valence electrons. The van der Waals surface area contributed by atoms with Crippen molar-refractivity contribution in [3.63, 3.8) is 0 Å². The first-order valence-corrected chi connectivity index (χ1v) is 7.51. The maximum Gasteiger partial charge on any atom is 0.290 e. The SMILES string of the molecule is CC1(CNC(=O)c2n[nH]c(C(C)(C)C)n2)CCCCC1. The Morgan fingerprint density at radius 3 is 2.50 bits per heavy atom. The smallest absolute Gasteiger partial charge is 0.290 e. The molecular weight excluding hydrogens is 252 g/mol. The molecule has 1 aromatic rings. The fourth-order valence-corrected chi connectivity index (χ4v) is 2.65. The average molecular weight is 278 g/mol. The highest BCUT2D eigenvalue weighted by molar-refractivity contribution is 5.90. The first kappa shape index (κ1) is 15.0. The second kappa shape index (κ2) is 5.54. The molecule has 0 unspecified atom stereocenters. The summed E-state index contributed by atoms with van der Waals surface area (Å²) < 4.78 is 0. The van der Waals surface area contributed by atoms with E-state index >= 15 is 0 Å². The lowest BCUT2D eigenvalue weighted by Crippen LogP contribution is -2.37. The van der Waals surface area contributed by atoms with E-state index in [2.05, 4.69) is 27.4 Å². The molecule has 0 radical (unpaired) electrons. The van der Waals surface area contributed by atoms with Crippen LogP contribution in [0.1, 0.15) is 76.2 Å². The third-order valence-corrected chi connectivity index (χ3v) is 4.14. The van der Waals surface area contributed by atoms with Crippen molar-refractivity contribution in [1.82, 2.24) is 20.5 Å². The summed E-state index contributed by atoms with van der Waals surface area (Å²) >= 11 is 0.